The third-order valence-corrected chi connectivity index (χ3v) is 5.00. The monoisotopic (exact) mass is 266 g/mol. The van der Waals surface area contributed by atoms with Gasteiger partial charge in [-0.3, -0.25) is 4.79 Å². The molecule has 2 N–H and O–H groups in total. The van der Waals surface area contributed by atoms with Gasteiger partial charge in [0.25, 0.3) is 0 Å². The van der Waals surface area contributed by atoms with Crippen molar-refractivity contribution in [2.45, 2.75) is 57.0 Å². The van der Waals surface area contributed by atoms with Crippen LogP contribution in [0.4, 0.5) is 0 Å². The summed E-state index contributed by atoms with van der Waals surface area (Å²) in [6, 6.07) is 0.653. The standard InChI is InChI=1S/C15H26N2O2/c18-15(16-9-11-4-3-7-19-10-11)14-8-12-5-1-2-6-13(12)17-14/h11-14,17H,1-10H2,(H,16,18). The van der Waals surface area contributed by atoms with Gasteiger partial charge in [-0.15, -0.1) is 0 Å². The number of carbonyl (C=O) groups excluding carboxylic acids is 1. The van der Waals surface area contributed by atoms with Crippen LogP contribution in [-0.4, -0.2) is 37.7 Å². The minimum Gasteiger partial charge on any atom is -0.381 e. The molecule has 0 aromatic carbocycles. The van der Waals surface area contributed by atoms with Gasteiger partial charge in [-0.05, 0) is 43.9 Å². The average molecular weight is 266 g/mol. The predicted octanol–water partition coefficient (Wildman–Crippen LogP) is 1.45. The normalized spacial score (nSPS) is 38.7. The van der Waals surface area contributed by atoms with Crippen molar-refractivity contribution in [1.29, 1.82) is 0 Å². The quantitative estimate of drug-likeness (QED) is 0.813. The summed E-state index contributed by atoms with van der Waals surface area (Å²) in [5.74, 6) is 1.46. The molecule has 1 saturated carbocycles. The Bertz CT molecular complexity index is 301. The first-order valence-electron chi connectivity index (χ1n) is 7.94. The predicted molar refractivity (Wildman–Crippen MR) is 73.8 cm³/mol. The zero-order chi connectivity index (χ0) is 13.1. The Balaban J connectivity index is 1.43. The summed E-state index contributed by atoms with van der Waals surface area (Å²) in [6.45, 7) is 2.48. The average Bonchev–Trinajstić information content (AvgIpc) is 2.90. The first-order valence-corrected chi connectivity index (χ1v) is 7.94. The van der Waals surface area contributed by atoms with Crippen molar-refractivity contribution in [3.05, 3.63) is 0 Å². The Kier molecular flexibility index (Phi) is 4.38. The van der Waals surface area contributed by atoms with Gasteiger partial charge in [0.2, 0.25) is 5.91 Å². The van der Waals surface area contributed by atoms with Crippen molar-refractivity contribution in [2.24, 2.45) is 11.8 Å². The maximum Gasteiger partial charge on any atom is 0.237 e. The van der Waals surface area contributed by atoms with E-state index in [4.69, 9.17) is 4.74 Å². The van der Waals surface area contributed by atoms with Crippen LogP contribution in [0.3, 0.4) is 0 Å². The largest absolute Gasteiger partial charge is 0.381 e. The minimum absolute atomic E-state index is 0.0533. The van der Waals surface area contributed by atoms with E-state index >= 15 is 0 Å². The highest BCUT2D eigenvalue weighted by molar-refractivity contribution is 5.82. The maximum atomic E-state index is 12.2. The molecule has 2 saturated heterocycles. The highest BCUT2D eigenvalue weighted by Crippen LogP contribution is 2.33. The van der Waals surface area contributed by atoms with Crippen LogP contribution in [0.1, 0.15) is 44.9 Å². The SMILES string of the molecule is O=C(NCC1CCCOC1)C1CC2CCCCC2N1. The highest BCUT2D eigenvalue weighted by atomic mass is 16.5. The lowest BCUT2D eigenvalue weighted by molar-refractivity contribution is -0.123. The van der Waals surface area contributed by atoms with E-state index in [1.807, 2.05) is 0 Å². The summed E-state index contributed by atoms with van der Waals surface area (Å²) in [7, 11) is 0. The second-order valence-electron chi connectivity index (χ2n) is 6.43. The first-order chi connectivity index (χ1) is 9.33. The van der Waals surface area contributed by atoms with Gasteiger partial charge in [-0.1, -0.05) is 12.8 Å². The number of hydrogen-bond donors (Lipinski definition) is 2. The lowest BCUT2D eigenvalue weighted by Gasteiger charge is -2.24. The summed E-state index contributed by atoms with van der Waals surface area (Å²) >= 11 is 0. The van der Waals surface area contributed by atoms with Crippen LogP contribution in [0.25, 0.3) is 0 Å². The van der Waals surface area contributed by atoms with Crippen LogP contribution in [0.15, 0.2) is 0 Å². The van der Waals surface area contributed by atoms with Crippen molar-refractivity contribution in [1.82, 2.24) is 10.6 Å². The van der Waals surface area contributed by atoms with Crippen LogP contribution in [0.2, 0.25) is 0 Å². The Morgan fingerprint density at radius 3 is 2.89 bits per heavy atom. The molecule has 3 aliphatic rings. The molecule has 3 rings (SSSR count). The van der Waals surface area contributed by atoms with Crippen LogP contribution in [0.5, 0.6) is 0 Å². The number of ether oxygens (including phenoxy) is 1. The minimum atomic E-state index is 0.0533. The Morgan fingerprint density at radius 2 is 2.11 bits per heavy atom. The molecule has 0 aromatic rings. The van der Waals surface area contributed by atoms with Gasteiger partial charge >= 0.3 is 0 Å². The molecule has 19 heavy (non-hydrogen) atoms. The number of carbonyl (C=O) groups is 1. The molecular formula is C15H26N2O2. The molecule has 4 heteroatoms. The molecule has 1 aliphatic carbocycles. The van der Waals surface area contributed by atoms with E-state index in [9.17, 15) is 4.79 Å². The van der Waals surface area contributed by atoms with Gasteiger partial charge in [0.05, 0.1) is 12.6 Å². The molecule has 0 radical (unpaired) electrons. The summed E-state index contributed by atoms with van der Waals surface area (Å²) < 4.78 is 5.45. The van der Waals surface area contributed by atoms with E-state index < -0.39 is 0 Å². The van der Waals surface area contributed by atoms with Crippen LogP contribution in [-0.2, 0) is 9.53 Å². The van der Waals surface area contributed by atoms with E-state index in [1.54, 1.807) is 0 Å². The van der Waals surface area contributed by atoms with E-state index in [-0.39, 0.29) is 11.9 Å². The number of hydrogen-bond acceptors (Lipinski definition) is 3. The lowest BCUT2D eigenvalue weighted by Crippen LogP contribution is -2.45. The van der Waals surface area contributed by atoms with Crippen LogP contribution >= 0.6 is 0 Å². The molecule has 1 amide bonds. The highest BCUT2D eigenvalue weighted by Gasteiger charge is 2.38. The van der Waals surface area contributed by atoms with Crippen molar-refractivity contribution in [3.8, 4) is 0 Å². The number of fused-ring (bicyclic) bond motifs is 1. The summed E-state index contributed by atoms with van der Waals surface area (Å²) in [6.07, 6.45) is 8.58. The molecule has 3 fully saturated rings. The molecule has 4 nitrogen and oxygen atoms in total. The smallest absolute Gasteiger partial charge is 0.237 e. The van der Waals surface area contributed by atoms with Gasteiger partial charge in [0.1, 0.15) is 0 Å². The Labute approximate surface area is 115 Å². The molecule has 2 aliphatic heterocycles. The Morgan fingerprint density at radius 1 is 1.21 bits per heavy atom. The topological polar surface area (TPSA) is 50.4 Å². The van der Waals surface area contributed by atoms with Gasteiger partial charge in [0.15, 0.2) is 0 Å². The molecule has 4 unspecified atom stereocenters. The van der Waals surface area contributed by atoms with Gasteiger partial charge in [-0.25, -0.2) is 0 Å². The molecule has 0 spiro atoms. The summed E-state index contributed by atoms with van der Waals surface area (Å²) in [5.41, 5.74) is 0. The summed E-state index contributed by atoms with van der Waals surface area (Å²) in [5, 5.41) is 6.66. The van der Waals surface area contributed by atoms with Gasteiger partial charge < -0.3 is 15.4 Å². The van der Waals surface area contributed by atoms with Gasteiger partial charge in [-0.2, -0.15) is 0 Å². The van der Waals surface area contributed by atoms with E-state index in [0.29, 0.717) is 12.0 Å². The molecule has 2 heterocycles. The molecule has 0 aromatic heterocycles. The maximum absolute atomic E-state index is 12.2. The second kappa shape index (κ2) is 6.23. The van der Waals surface area contributed by atoms with Crippen molar-refractivity contribution in [2.75, 3.05) is 19.8 Å². The van der Waals surface area contributed by atoms with E-state index in [2.05, 4.69) is 10.6 Å². The van der Waals surface area contributed by atoms with Crippen LogP contribution in [0, 0.1) is 11.8 Å². The van der Waals surface area contributed by atoms with Crippen molar-refractivity contribution in [3.63, 3.8) is 0 Å². The third kappa shape index (κ3) is 3.29. The zero-order valence-electron chi connectivity index (χ0n) is 11.7. The number of nitrogens with one attached hydrogen (secondary N) is 2. The fraction of sp³-hybridized carbons (Fsp3) is 0.933. The number of rotatable bonds is 3. The molecule has 0 bridgehead atoms. The van der Waals surface area contributed by atoms with Crippen LogP contribution < -0.4 is 10.6 Å². The summed E-state index contributed by atoms with van der Waals surface area (Å²) in [4.78, 5) is 12.2. The second-order valence-corrected chi connectivity index (χ2v) is 6.43. The third-order valence-electron chi connectivity index (χ3n) is 5.00. The van der Waals surface area contributed by atoms with E-state index in [0.717, 1.165) is 38.5 Å². The lowest BCUT2D eigenvalue weighted by atomic mass is 9.85. The molecule has 4 atom stereocenters. The van der Waals surface area contributed by atoms with Gasteiger partial charge in [0, 0.05) is 19.2 Å². The van der Waals surface area contributed by atoms with E-state index in [1.165, 1.54) is 32.1 Å². The van der Waals surface area contributed by atoms with Crippen molar-refractivity contribution >= 4 is 5.91 Å². The number of amides is 1. The fourth-order valence-corrected chi connectivity index (χ4v) is 3.86. The van der Waals surface area contributed by atoms with Crippen molar-refractivity contribution < 1.29 is 9.53 Å². The Hall–Kier alpha value is -0.610. The first kappa shape index (κ1) is 13.4. The fourth-order valence-electron chi connectivity index (χ4n) is 3.86. The molecule has 108 valence electrons. The zero-order valence-corrected chi connectivity index (χ0v) is 11.7. The molecular weight excluding hydrogens is 240 g/mol.